The summed E-state index contributed by atoms with van der Waals surface area (Å²) in [4.78, 5) is 9.53. The van der Waals surface area contributed by atoms with Gasteiger partial charge in [-0.15, -0.1) is 0 Å². The number of morpholine rings is 2. The van der Waals surface area contributed by atoms with Crippen LogP contribution in [0.5, 0.6) is 0 Å². The molecule has 27 heavy (non-hydrogen) atoms. The van der Waals surface area contributed by atoms with Crippen molar-refractivity contribution in [2.45, 2.75) is 39.8 Å². The lowest BCUT2D eigenvalue weighted by molar-refractivity contribution is 0.00676. The van der Waals surface area contributed by atoms with E-state index in [2.05, 4.69) is 53.1 Å². The Hall–Kier alpha value is -0.890. The topological polar surface area (TPSA) is 61.4 Å². The first-order chi connectivity index (χ1) is 13.0. The molecule has 2 unspecified atom stereocenters. The van der Waals surface area contributed by atoms with Crippen LogP contribution in [0.15, 0.2) is 4.99 Å². The SMILES string of the molecule is CN=C(NCC(C(C)C)N1CCOCC1)NCC(C(C)C)N1CCOCC1. The molecule has 0 saturated carbocycles. The Labute approximate surface area is 165 Å². The van der Waals surface area contributed by atoms with E-state index in [-0.39, 0.29) is 0 Å². The molecule has 0 aliphatic carbocycles. The van der Waals surface area contributed by atoms with Crippen LogP contribution in [0.1, 0.15) is 27.7 Å². The maximum atomic E-state index is 5.51. The molecule has 0 aromatic carbocycles. The van der Waals surface area contributed by atoms with E-state index >= 15 is 0 Å². The van der Waals surface area contributed by atoms with Gasteiger partial charge in [0.1, 0.15) is 0 Å². The van der Waals surface area contributed by atoms with Crippen molar-refractivity contribution in [3.05, 3.63) is 0 Å². The second-order valence-corrected chi connectivity index (χ2v) is 8.25. The fourth-order valence-electron chi connectivity index (χ4n) is 4.01. The highest BCUT2D eigenvalue weighted by Crippen LogP contribution is 2.13. The average molecular weight is 384 g/mol. The van der Waals surface area contributed by atoms with Gasteiger partial charge in [0.25, 0.3) is 0 Å². The Kier molecular flexibility index (Phi) is 9.82. The Bertz CT molecular complexity index is 396. The second-order valence-electron chi connectivity index (χ2n) is 8.25. The van der Waals surface area contributed by atoms with Gasteiger partial charge in [-0.1, -0.05) is 27.7 Å². The molecule has 0 amide bonds. The van der Waals surface area contributed by atoms with Crippen molar-refractivity contribution < 1.29 is 9.47 Å². The predicted octanol–water partition coefficient (Wildman–Crippen LogP) is 0.865. The van der Waals surface area contributed by atoms with E-state index in [0.717, 1.165) is 71.7 Å². The van der Waals surface area contributed by atoms with Crippen molar-refractivity contribution in [2.75, 3.05) is 72.7 Å². The quantitative estimate of drug-likeness (QED) is 0.479. The third kappa shape index (κ3) is 7.22. The first-order valence-electron chi connectivity index (χ1n) is 10.6. The molecule has 0 radical (unpaired) electrons. The zero-order chi connectivity index (χ0) is 19.6. The molecule has 2 aliphatic rings. The Morgan fingerprint density at radius 3 is 1.44 bits per heavy atom. The van der Waals surface area contributed by atoms with E-state index in [0.29, 0.717) is 23.9 Å². The van der Waals surface area contributed by atoms with Gasteiger partial charge in [-0.2, -0.15) is 0 Å². The molecule has 2 saturated heterocycles. The summed E-state index contributed by atoms with van der Waals surface area (Å²) in [5, 5.41) is 7.12. The van der Waals surface area contributed by atoms with Gasteiger partial charge in [-0.05, 0) is 11.8 Å². The summed E-state index contributed by atoms with van der Waals surface area (Å²) in [6.07, 6.45) is 0. The van der Waals surface area contributed by atoms with Gasteiger partial charge in [0.05, 0.1) is 26.4 Å². The molecule has 2 aliphatic heterocycles. The van der Waals surface area contributed by atoms with Crippen molar-refractivity contribution in [2.24, 2.45) is 16.8 Å². The molecule has 0 aromatic heterocycles. The molecule has 2 atom stereocenters. The lowest BCUT2D eigenvalue weighted by atomic mass is 10.0. The van der Waals surface area contributed by atoms with Crippen molar-refractivity contribution in [3.63, 3.8) is 0 Å². The van der Waals surface area contributed by atoms with Crippen LogP contribution in [0, 0.1) is 11.8 Å². The minimum absolute atomic E-state index is 0.493. The highest BCUT2D eigenvalue weighted by Gasteiger charge is 2.25. The lowest BCUT2D eigenvalue weighted by Crippen LogP contribution is -2.55. The molecule has 2 rings (SSSR count). The van der Waals surface area contributed by atoms with E-state index < -0.39 is 0 Å². The molecular weight excluding hydrogens is 342 g/mol. The zero-order valence-electron chi connectivity index (χ0n) is 18.0. The Morgan fingerprint density at radius 1 is 0.778 bits per heavy atom. The molecule has 0 aromatic rings. The van der Waals surface area contributed by atoms with Crippen LogP contribution in [-0.4, -0.2) is 101 Å². The maximum Gasteiger partial charge on any atom is 0.191 e. The van der Waals surface area contributed by atoms with Crippen LogP contribution < -0.4 is 10.6 Å². The number of guanidine groups is 1. The highest BCUT2D eigenvalue weighted by atomic mass is 16.5. The van der Waals surface area contributed by atoms with E-state index in [1.54, 1.807) is 0 Å². The monoisotopic (exact) mass is 383 g/mol. The molecular formula is C20H41N5O2. The van der Waals surface area contributed by atoms with Crippen LogP contribution in [0.3, 0.4) is 0 Å². The normalized spacial score (nSPS) is 21.9. The molecule has 2 heterocycles. The van der Waals surface area contributed by atoms with E-state index in [1.807, 2.05) is 7.05 Å². The fraction of sp³-hybridized carbons (Fsp3) is 0.950. The van der Waals surface area contributed by atoms with Gasteiger partial charge in [0.2, 0.25) is 0 Å². The molecule has 2 fully saturated rings. The van der Waals surface area contributed by atoms with Gasteiger partial charge in [0, 0.05) is 58.4 Å². The predicted molar refractivity (Wildman–Crippen MR) is 111 cm³/mol. The summed E-state index contributed by atoms with van der Waals surface area (Å²) < 4.78 is 11.0. The number of ether oxygens (including phenoxy) is 2. The van der Waals surface area contributed by atoms with Gasteiger partial charge < -0.3 is 20.1 Å². The van der Waals surface area contributed by atoms with Gasteiger partial charge in [0.15, 0.2) is 5.96 Å². The number of nitrogens with one attached hydrogen (secondary N) is 2. The molecule has 7 heteroatoms. The maximum absolute atomic E-state index is 5.51. The first-order valence-corrected chi connectivity index (χ1v) is 10.6. The summed E-state index contributed by atoms with van der Waals surface area (Å²) in [5.74, 6) is 2.07. The van der Waals surface area contributed by atoms with Gasteiger partial charge >= 0.3 is 0 Å². The summed E-state index contributed by atoms with van der Waals surface area (Å²) in [6, 6.07) is 0.986. The third-order valence-electron chi connectivity index (χ3n) is 5.75. The van der Waals surface area contributed by atoms with Crippen molar-refractivity contribution >= 4 is 5.96 Å². The van der Waals surface area contributed by atoms with Crippen molar-refractivity contribution in [3.8, 4) is 0 Å². The summed E-state index contributed by atoms with van der Waals surface area (Å²) in [5.41, 5.74) is 0. The van der Waals surface area contributed by atoms with Crippen LogP contribution >= 0.6 is 0 Å². The van der Waals surface area contributed by atoms with Crippen LogP contribution in [0.4, 0.5) is 0 Å². The van der Waals surface area contributed by atoms with E-state index in [9.17, 15) is 0 Å². The first kappa shape index (κ1) is 22.4. The molecule has 7 nitrogen and oxygen atoms in total. The number of nitrogens with zero attached hydrogens (tertiary/aromatic N) is 3. The highest BCUT2D eigenvalue weighted by molar-refractivity contribution is 5.79. The largest absolute Gasteiger partial charge is 0.379 e. The fourth-order valence-corrected chi connectivity index (χ4v) is 4.01. The third-order valence-corrected chi connectivity index (χ3v) is 5.75. The summed E-state index contributed by atoms with van der Waals surface area (Å²) >= 11 is 0. The summed E-state index contributed by atoms with van der Waals surface area (Å²) in [6.45, 7) is 18.4. The molecule has 2 N–H and O–H groups in total. The summed E-state index contributed by atoms with van der Waals surface area (Å²) in [7, 11) is 1.85. The van der Waals surface area contributed by atoms with Crippen LogP contribution in [0.2, 0.25) is 0 Å². The zero-order valence-corrected chi connectivity index (χ0v) is 18.0. The minimum atomic E-state index is 0.493. The van der Waals surface area contributed by atoms with Gasteiger partial charge in [-0.3, -0.25) is 14.8 Å². The molecule has 0 spiro atoms. The van der Waals surface area contributed by atoms with Gasteiger partial charge in [-0.25, -0.2) is 0 Å². The average Bonchev–Trinajstić information content (AvgIpc) is 2.68. The minimum Gasteiger partial charge on any atom is -0.379 e. The number of aliphatic imine (C=N–C) groups is 1. The van der Waals surface area contributed by atoms with E-state index in [4.69, 9.17) is 9.47 Å². The number of hydrogen-bond acceptors (Lipinski definition) is 5. The standard InChI is InChI=1S/C20H41N5O2/c1-16(2)18(24-6-10-26-11-7-24)14-22-20(21-5)23-15-19(17(3)4)25-8-12-27-13-9-25/h16-19H,6-15H2,1-5H3,(H2,21,22,23). The van der Waals surface area contributed by atoms with Crippen molar-refractivity contribution in [1.82, 2.24) is 20.4 Å². The van der Waals surface area contributed by atoms with Crippen LogP contribution in [-0.2, 0) is 9.47 Å². The molecule has 158 valence electrons. The number of rotatable bonds is 8. The smallest absolute Gasteiger partial charge is 0.191 e. The number of hydrogen-bond donors (Lipinski definition) is 2. The van der Waals surface area contributed by atoms with E-state index in [1.165, 1.54) is 0 Å². The van der Waals surface area contributed by atoms with Crippen LogP contribution in [0.25, 0.3) is 0 Å². The second kappa shape index (κ2) is 11.8. The Balaban J connectivity index is 1.84. The Morgan fingerprint density at radius 2 is 1.15 bits per heavy atom. The van der Waals surface area contributed by atoms with Crippen molar-refractivity contribution in [1.29, 1.82) is 0 Å². The lowest BCUT2D eigenvalue weighted by Gasteiger charge is -2.38. The molecule has 0 bridgehead atoms.